The lowest BCUT2D eigenvalue weighted by molar-refractivity contribution is 1.16. The molecule has 2 aromatic heterocycles. The van der Waals surface area contributed by atoms with Crippen LogP contribution < -0.4 is 0 Å². The standard InChI is InChI=1S/C34H22BrN3/c35-29-16-9-15-28-27-14-7-8-17-32(27)38(33(28)29)26-20-18-25(19-21-26)34-36-30(23-10-3-1-4-11-23)22-31(37-34)24-12-5-2-6-13-24/h1-22H. The minimum absolute atomic E-state index is 0.708. The fourth-order valence-electron chi connectivity index (χ4n) is 5.09. The maximum absolute atomic E-state index is 4.98. The van der Waals surface area contributed by atoms with Gasteiger partial charge < -0.3 is 4.57 Å². The van der Waals surface area contributed by atoms with Crippen LogP contribution in [0.5, 0.6) is 0 Å². The molecule has 0 unspecified atom stereocenters. The van der Waals surface area contributed by atoms with Gasteiger partial charge in [0, 0.05) is 37.6 Å². The van der Waals surface area contributed by atoms with Gasteiger partial charge in [-0.25, -0.2) is 9.97 Å². The summed E-state index contributed by atoms with van der Waals surface area (Å²) >= 11 is 3.79. The molecule has 0 bridgehead atoms. The van der Waals surface area contributed by atoms with Crippen molar-refractivity contribution in [2.45, 2.75) is 0 Å². The molecule has 0 aliphatic carbocycles. The van der Waals surface area contributed by atoms with E-state index in [1.165, 1.54) is 16.3 Å². The van der Waals surface area contributed by atoms with E-state index < -0.39 is 0 Å². The van der Waals surface area contributed by atoms with Crippen LogP contribution in [0.4, 0.5) is 0 Å². The van der Waals surface area contributed by atoms with Crippen molar-refractivity contribution in [2.24, 2.45) is 0 Å². The van der Waals surface area contributed by atoms with Crippen LogP contribution in [0, 0.1) is 0 Å². The van der Waals surface area contributed by atoms with E-state index in [9.17, 15) is 0 Å². The maximum Gasteiger partial charge on any atom is 0.160 e. The Labute approximate surface area is 229 Å². The Morgan fingerprint density at radius 1 is 0.500 bits per heavy atom. The Morgan fingerprint density at radius 2 is 1.08 bits per heavy atom. The first kappa shape index (κ1) is 22.6. The summed E-state index contributed by atoms with van der Waals surface area (Å²) in [7, 11) is 0. The monoisotopic (exact) mass is 551 g/mol. The smallest absolute Gasteiger partial charge is 0.160 e. The Balaban J connectivity index is 1.38. The van der Waals surface area contributed by atoms with E-state index in [1.54, 1.807) is 0 Å². The molecule has 0 aliphatic rings. The lowest BCUT2D eigenvalue weighted by Gasteiger charge is -2.11. The van der Waals surface area contributed by atoms with Crippen LogP contribution in [0.25, 0.3) is 61.4 Å². The summed E-state index contributed by atoms with van der Waals surface area (Å²) in [5.41, 5.74) is 8.36. The van der Waals surface area contributed by atoms with E-state index >= 15 is 0 Å². The lowest BCUT2D eigenvalue weighted by atomic mass is 10.1. The second-order valence-corrected chi connectivity index (χ2v) is 10.1. The van der Waals surface area contributed by atoms with Crippen LogP contribution >= 0.6 is 15.9 Å². The van der Waals surface area contributed by atoms with E-state index in [2.05, 4.69) is 118 Å². The van der Waals surface area contributed by atoms with Crippen LogP contribution in [0.1, 0.15) is 0 Å². The predicted octanol–water partition coefficient (Wildman–Crippen LogP) is 9.34. The molecule has 0 saturated heterocycles. The predicted molar refractivity (Wildman–Crippen MR) is 160 cm³/mol. The number of benzene rings is 5. The largest absolute Gasteiger partial charge is 0.308 e. The lowest BCUT2D eigenvalue weighted by Crippen LogP contribution is -1.97. The van der Waals surface area contributed by atoms with Crippen molar-refractivity contribution in [2.75, 3.05) is 0 Å². The van der Waals surface area contributed by atoms with Gasteiger partial charge in [0.2, 0.25) is 0 Å². The van der Waals surface area contributed by atoms with Crippen molar-refractivity contribution in [3.05, 3.63) is 138 Å². The molecule has 0 spiro atoms. The summed E-state index contributed by atoms with van der Waals surface area (Å²) in [5.74, 6) is 0.708. The van der Waals surface area contributed by atoms with Gasteiger partial charge >= 0.3 is 0 Å². The summed E-state index contributed by atoms with van der Waals surface area (Å²) in [6.07, 6.45) is 0. The zero-order valence-electron chi connectivity index (χ0n) is 20.4. The molecule has 5 aromatic carbocycles. The number of fused-ring (bicyclic) bond motifs is 3. The van der Waals surface area contributed by atoms with E-state index in [4.69, 9.17) is 9.97 Å². The van der Waals surface area contributed by atoms with Crippen molar-refractivity contribution >= 4 is 37.7 Å². The Kier molecular flexibility index (Phi) is 5.60. The van der Waals surface area contributed by atoms with Gasteiger partial charge in [-0.15, -0.1) is 0 Å². The molecule has 0 aliphatic heterocycles. The molecule has 38 heavy (non-hydrogen) atoms. The number of aromatic nitrogens is 3. The topological polar surface area (TPSA) is 30.7 Å². The minimum atomic E-state index is 0.708. The fraction of sp³-hybridized carbons (Fsp3) is 0. The van der Waals surface area contributed by atoms with Gasteiger partial charge in [0.25, 0.3) is 0 Å². The summed E-state index contributed by atoms with van der Waals surface area (Å²) in [6.45, 7) is 0. The highest BCUT2D eigenvalue weighted by atomic mass is 79.9. The normalized spacial score (nSPS) is 11.3. The van der Waals surface area contributed by atoms with Gasteiger partial charge in [-0.1, -0.05) is 91.0 Å². The van der Waals surface area contributed by atoms with Crippen LogP contribution in [-0.2, 0) is 0 Å². The van der Waals surface area contributed by atoms with Crippen LogP contribution in [0.3, 0.4) is 0 Å². The number of hydrogen-bond acceptors (Lipinski definition) is 2. The quantitative estimate of drug-likeness (QED) is 0.218. The number of rotatable bonds is 4. The molecule has 0 radical (unpaired) electrons. The Morgan fingerprint density at radius 3 is 1.74 bits per heavy atom. The number of hydrogen-bond donors (Lipinski definition) is 0. The molecule has 0 fully saturated rings. The Hall–Kier alpha value is -4.54. The van der Waals surface area contributed by atoms with Crippen molar-refractivity contribution < 1.29 is 0 Å². The second-order valence-electron chi connectivity index (χ2n) is 9.23. The molecule has 0 saturated carbocycles. The SMILES string of the molecule is Brc1cccc2c3ccccc3n(-c3ccc(-c4nc(-c5ccccc5)cc(-c5ccccc5)n4)cc3)c12. The molecule has 7 aromatic rings. The zero-order valence-corrected chi connectivity index (χ0v) is 22.0. The minimum Gasteiger partial charge on any atom is -0.308 e. The number of nitrogens with zero attached hydrogens (tertiary/aromatic N) is 3. The number of halogens is 1. The van der Waals surface area contributed by atoms with Gasteiger partial charge in [0.15, 0.2) is 5.82 Å². The van der Waals surface area contributed by atoms with Gasteiger partial charge in [0.1, 0.15) is 0 Å². The first-order valence-corrected chi connectivity index (χ1v) is 13.3. The van der Waals surface area contributed by atoms with Crippen molar-refractivity contribution in [3.63, 3.8) is 0 Å². The van der Waals surface area contributed by atoms with Gasteiger partial charge in [-0.3, -0.25) is 0 Å². The highest BCUT2D eigenvalue weighted by Crippen LogP contribution is 2.36. The zero-order chi connectivity index (χ0) is 25.5. The average Bonchev–Trinajstić information content (AvgIpc) is 3.34. The fourth-order valence-corrected chi connectivity index (χ4v) is 5.64. The maximum atomic E-state index is 4.98. The molecular formula is C34H22BrN3. The summed E-state index contributed by atoms with van der Waals surface area (Å²) in [4.78, 5) is 9.96. The third kappa shape index (κ3) is 3.90. The van der Waals surface area contributed by atoms with Gasteiger partial charge in [0.05, 0.1) is 22.4 Å². The third-order valence-corrected chi connectivity index (χ3v) is 7.53. The summed E-state index contributed by atoms with van der Waals surface area (Å²) < 4.78 is 3.39. The summed E-state index contributed by atoms with van der Waals surface area (Å²) in [5, 5.41) is 2.46. The molecule has 0 amide bonds. The van der Waals surface area contributed by atoms with Crippen LogP contribution in [0.15, 0.2) is 138 Å². The van der Waals surface area contributed by atoms with Crippen LogP contribution in [-0.4, -0.2) is 14.5 Å². The molecule has 7 rings (SSSR count). The third-order valence-electron chi connectivity index (χ3n) is 6.89. The Bertz CT molecular complexity index is 1850. The molecule has 180 valence electrons. The first-order chi connectivity index (χ1) is 18.8. The highest BCUT2D eigenvalue weighted by Gasteiger charge is 2.15. The summed E-state index contributed by atoms with van der Waals surface area (Å²) in [6, 6.07) is 46.1. The molecule has 0 N–H and O–H groups in total. The molecule has 2 heterocycles. The van der Waals surface area contributed by atoms with Gasteiger partial charge in [-0.2, -0.15) is 0 Å². The highest BCUT2D eigenvalue weighted by molar-refractivity contribution is 9.10. The molecular weight excluding hydrogens is 530 g/mol. The van der Waals surface area contributed by atoms with E-state index in [-0.39, 0.29) is 0 Å². The second kappa shape index (κ2) is 9.40. The molecule has 3 nitrogen and oxygen atoms in total. The van der Waals surface area contributed by atoms with Gasteiger partial charge in [-0.05, 0) is 58.4 Å². The van der Waals surface area contributed by atoms with Crippen molar-refractivity contribution in [3.8, 4) is 39.6 Å². The van der Waals surface area contributed by atoms with E-state index in [1.807, 2.05) is 36.4 Å². The van der Waals surface area contributed by atoms with E-state index in [0.29, 0.717) is 5.82 Å². The van der Waals surface area contributed by atoms with Crippen molar-refractivity contribution in [1.29, 1.82) is 0 Å². The molecule has 4 heteroatoms. The average molecular weight is 552 g/mol. The van der Waals surface area contributed by atoms with Crippen molar-refractivity contribution in [1.82, 2.24) is 14.5 Å². The first-order valence-electron chi connectivity index (χ1n) is 12.5. The van der Waals surface area contributed by atoms with E-state index in [0.717, 1.165) is 43.8 Å². The number of para-hydroxylation sites is 2. The van der Waals surface area contributed by atoms with Crippen LogP contribution in [0.2, 0.25) is 0 Å². The molecule has 0 atom stereocenters.